The van der Waals surface area contributed by atoms with E-state index in [-0.39, 0.29) is 5.75 Å². The average molecular weight is 277 g/mol. The van der Waals surface area contributed by atoms with Crippen molar-refractivity contribution >= 4 is 10.0 Å². The second-order valence-electron chi connectivity index (χ2n) is 5.24. The quantitative estimate of drug-likeness (QED) is 0.593. The minimum atomic E-state index is -3.09. The van der Waals surface area contributed by atoms with Crippen LogP contribution in [0.2, 0.25) is 0 Å². The van der Waals surface area contributed by atoms with E-state index in [2.05, 4.69) is 21.9 Å². The zero-order valence-corrected chi connectivity index (χ0v) is 12.4. The minimum absolute atomic E-state index is 0.213. The Hall–Kier alpha value is -0.170. The highest BCUT2D eigenvalue weighted by atomic mass is 32.2. The fourth-order valence-electron chi connectivity index (χ4n) is 2.25. The summed E-state index contributed by atoms with van der Waals surface area (Å²) >= 11 is 0. The first-order valence-electron chi connectivity index (χ1n) is 6.88. The van der Waals surface area contributed by atoms with E-state index >= 15 is 0 Å². The number of hydrogen-bond donors (Lipinski definition) is 2. The number of nitrogens with zero attached hydrogens (tertiary/aromatic N) is 1. The molecule has 0 aliphatic carbocycles. The molecule has 0 radical (unpaired) electrons. The van der Waals surface area contributed by atoms with Gasteiger partial charge in [0.05, 0.1) is 5.75 Å². The maximum absolute atomic E-state index is 11.7. The summed E-state index contributed by atoms with van der Waals surface area (Å²) in [5.74, 6) is 0.590. The summed E-state index contributed by atoms with van der Waals surface area (Å²) in [6, 6.07) is 0. The molecule has 2 N–H and O–H groups in total. The number of likely N-dealkylation sites (tertiary alicyclic amines) is 1. The molecule has 0 amide bonds. The highest BCUT2D eigenvalue weighted by Gasteiger charge is 2.16. The molecule has 1 heterocycles. The van der Waals surface area contributed by atoms with E-state index in [1.165, 1.54) is 25.9 Å². The first-order valence-corrected chi connectivity index (χ1v) is 8.53. The Kier molecular flexibility index (Phi) is 7.14. The average Bonchev–Trinajstić information content (AvgIpc) is 2.80. The van der Waals surface area contributed by atoms with Crippen molar-refractivity contribution in [3.8, 4) is 0 Å². The van der Waals surface area contributed by atoms with Crippen molar-refractivity contribution in [2.24, 2.45) is 5.92 Å². The molecule has 0 spiro atoms. The third-order valence-electron chi connectivity index (χ3n) is 3.26. The molecule has 0 aromatic carbocycles. The molecule has 108 valence electrons. The second kappa shape index (κ2) is 8.09. The second-order valence-corrected chi connectivity index (χ2v) is 7.16. The fourth-order valence-corrected chi connectivity index (χ4v) is 3.46. The molecule has 0 bridgehead atoms. The summed E-state index contributed by atoms with van der Waals surface area (Å²) in [4.78, 5) is 2.42. The van der Waals surface area contributed by atoms with Crippen LogP contribution in [0.15, 0.2) is 0 Å². The van der Waals surface area contributed by atoms with Crippen LogP contribution in [0, 0.1) is 5.92 Å². The number of rotatable bonds is 9. The van der Waals surface area contributed by atoms with Crippen LogP contribution in [-0.4, -0.2) is 58.8 Å². The van der Waals surface area contributed by atoms with E-state index in [1.54, 1.807) is 0 Å². The van der Waals surface area contributed by atoms with E-state index < -0.39 is 10.0 Å². The molecule has 1 aliphatic rings. The molecule has 1 saturated heterocycles. The van der Waals surface area contributed by atoms with Crippen LogP contribution in [0.25, 0.3) is 0 Å². The van der Waals surface area contributed by atoms with Gasteiger partial charge in [0.2, 0.25) is 10.0 Å². The predicted molar refractivity (Wildman–Crippen MR) is 75.2 cm³/mol. The standard InChI is InChI=1S/C12H27N3O2S/c1-12(11-15-7-3-4-8-15)10-14-18(16,17)9-5-6-13-2/h12-14H,3-11H2,1-2H3. The van der Waals surface area contributed by atoms with Gasteiger partial charge in [-0.15, -0.1) is 0 Å². The molecule has 0 aromatic heterocycles. The Morgan fingerprint density at radius 3 is 2.56 bits per heavy atom. The van der Waals surface area contributed by atoms with Gasteiger partial charge in [-0.1, -0.05) is 6.92 Å². The maximum atomic E-state index is 11.7. The lowest BCUT2D eigenvalue weighted by Crippen LogP contribution is -2.35. The fraction of sp³-hybridized carbons (Fsp3) is 1.00. The summed E-state index contributed by atoms with van der Waals surface area (Å²) in [6.45, 7) is 6.73. The highest BCUT2D eigenvalue weighted by molar-refractivity contribution is 7.89. The lowest BCUT2D eigenvalue weighted by Gasteiger charge is -2.20. The molecule has 0 saturated carbocycles. The van der Waals surface area contributed by atoms with Crippen LogP contribution in [0.5, 0.6) is 0 Å². The van der Waals surface area contributed by atoms with E-state index in [0.29, 0.717) is 18.9 Å². The van der Waals surface area contributed by atoms with E-state index in [4.69, 9.17) is 0 Å². The Morgan fingerprint density at radius 1 is 1.28 bits per heavy atom. The molecule has 18 heavy (non-hydrogen) atoms. The zero-order chi connectivity index (χ0) is 13.4. The van der Waals surface area contributed by atoms with Crippen molar-refractivity contribution in [1.82, 2.24) is 14.9 Å². The molecule has 0 aromatic rings. The molecule has 6 heteroatoms. The topological polar surface area (TPSA) is 61.4 Å². The van der Waals surface area contributed by atoms with Crippen LogP contribution >= 0.6 is 0 Å². The van der Waals surface area contributed by atoms with Crippen molar-refractivity contribution in [3.63, 3.8) is 0 Å². The van der Waals surface area contributed by atoms with Crippen molar-refractivity contribution in [2.45, 2.75) is 26.2 Å². The van der Waals surface area contributed by atoms with Gasteiger partial charge in [0.15, 0.2) is 0 Å². The summed E-state index contributed by atoms with van der Waals surface area (Å²) in [7, 11) is -1.26. The Labute approximate surface area is 111 Å². The SMILES string of the molecule is CNCCCS(=O)(=O)NCC(C)CN1CCCC1. The van der Waals surface area contributed by atoms with Gasteiger partial charge in [0.1, 0.15) is 0 Å². The third kappa shape index (κ3) is 6.68. The highest BCUT2D eigenvalue weighted by Crippen LogP contribution is 2.09. The molecule has 1 atom stereocenters. The largest absolute Gasteiger partial charge is 0.320 e. The molecule has 1 fully saturated rings. The van der Waals surface area contributed by atoms with Gasteiger partial charge >= 0.3 is 0 Å². The van der Waals surface area contributed by atoms with Crippen molar-refractivity contribution < 1.29 is 8.42 Å². The molecular weight excluding hydrogens is 250 g/mol. The summed E-state index contributed by atoms with van der Waals surface area (Å²) in [5.41, 5.74) is 0. The van der Waals surface area contributed by atoms with Crippen LogP contribution in [0.3, 0.4) is 0 Å². The van der Waals surface area contributed by atoms with Crippen LogP contribution in [0.4, 0.5) is 0 Å². The first kappa shape index (κ1) is 15.9. The number of nitrogens with one attached hydrogen (secondary N) is 2. The van der Waals surface area contributed by atoms with Gasteiger partial charge in [-0.05, 0) is 51.9 Å². The summed E-state index contributed by atoms with van der Waals surface area (Å²) in [5, 5.41) is 2.95. The number of sulfonamides is 1. The Balaban J connectivity index is 2.17. The third-order valence-corrected chi connectivity index (χ3v) is 4.69. The van der Waals surface area contributed by atoms with Crippen molar-refractivity contribution in [2.75, 3.05) is 45.5 Å². The van der Waals surface area contributed by atoms with Crippen LogP contribution in [0.1, 0.15) is 26.2 Å². The van der Waals surface area contributed by atoms with E-state index in [0.717, 1.165) is 13.1 Å². The van der Waals surface area contributed by atoms with Gasteiger partial charge in [-0.25, -0.2) is 13.1 Å². The maximum Gasteiger partial charge on any atom is 0.211 e. The van der Waals surface area contributed by atoms with E-state index in [1.807, 2.05) is 7.05 Å². The predicted octanol–water partition coefficient (Wildman–Crippen LogP) is 0.247. The van der Waals surface area contributed by atoms with Gasteiger partial charge in [-0.2, -0.15) is 0 Å². The van der Waals surface area contributed by atoms with Crippen molar-refractivity contribution in [3.05, 3.63) is 0 Å². The summed E-state index contributed by atoms with van der Waals surface area (Å²) in [6.07, 6.45) is 3.22. The first-order chi connectivity index (χ1) is 8.53. The molecule has 1 aliphatic heterocycles. The molecule has 5 nitrogen and oxygen atoms in total. The normalized spacial score (nSPS) is 19.2. The molecule has 1 unspecified atom stereocenters. The zero-order valence-electron chi connectivity index (χ0n) is 11.6. The summed E-state index contributed by atoms with van der Waals surface area (Å²) < 4.78 is 26.1. The lowest BCUT2D eigenvalue weighted by atomic mass is 10.2. The van der Waals surface area contributed by atoms with E-state index in [9.17, 15) is 8.42 Å². The lowest BCUT2D eigenvalue weighted by molar-refractivity contribution is 0.288. The number of hydrogen-bond acceptors (Lipinski definition) is 4. The van der Waals surface area contributed by atoms with Gasteiger partial charge in [0.25, 0.3) is 0 Å². The van der Waals surface area contributed by atoms with Crippen LogP contribution < -0.4 is 10.0 Å². The Morgan fingerprint density at radius 2 is 1.94 bits per heavy atom. The monoisotopic (exact) mass is 277 g/mol. The van der Waals surface area contributed by atoms with Crippen LogP contribution in [-0.2, 0) is 10.0 Å². The molecular formula is C12H27N3O2S. The molecule has 1 rings (SSSR count). The van der Waals surface area contributed by atoms with Gasteiger partial charge < -0.3 is 10.2 Å². The minimum Gasteiger partial charge on any atom is -0.320 e. The van der Waals surface area contributed by atoms with Gasteiger partial charge in [-0.3, -0.25) is 0 Å². The Bertz CT molecular complexity index is 313. The van der Waals surface area contributed by atoms with Gasteiger partial charge in [0, 0.05) is 13.1 Å². The van der Waals surface area contributed by atoms with Crippen molar-refractivity contribution in [1.29, 1.82) is 0 Å². The smallest absolute Gasteiger partial charge is 0.211 e.